The monoisotopic (exact) mass is 284 g/mol. The van der Waals surface area contributed by atoms with E-state index in [4.69, 9.17) is 4.74 Å². The summed E-state index contributed by atoms with van der Waals surface area (Å²) >= 11 is 4.93. The lowest BCUT2D eigenvalue weighted by molar-refractivity contribution is 0.472. The minimum atomic E-state index is 0.649. The molecular formula is C10H9BrN2OS. The molecule has 2 heterocycles. The van der Waals surface area contributed by atoms with E-state index in [0.717, 1.165) is 20.7 Å². The van der Waals surface area contributed by atoms with Crippen LogP contribution in [-0.4, -0.2) is 9.97 Å². The third-order valence-corrected chi connectivity index (χ3v) is 3.50. The number of aryl methyl sites for hydroxylation is 1. The standard InChI is InChI=1S/C10H9BrN2OS/c1-6-3-13-10(15-6)14-9-5-12-4-8(11)7(9)2/h3-5H,1-2H3. The molecule has 0 aromatic carbocycles. The zero-order valence-electron chi connectivity index (χ0n) is 8.32. The molecule has 0 aliphatic carbocycles. The fourth-order valence-corrected chi connectivity index (χ4v) is 1.99. The number of pyridine rings is 1. The summed E-state index contributed by atoms with van der Waals surface area (Å²) in [5.41, 5.74) is 1.03. The van der Waals surface area contributed by atoms with Gasteiger partial charge in [0.15, 0.2) is 5.75 Å². The molecule has 15 heavy (non-hydrogen) atoms. The summed E-state index contributed by atoms with van der Waals surface area (Å²) in [5.74, 6) is 0.735. The third kappa shape index (κ3) is 2.35. The van der Waals surface area contributed by atoms with Gasteiger partial charge < -0.3 is 4.74 Å². The van der Waals surface area contributed by atoms with Gasteiger partial charge in [0.2, 0.25) is 0 Å². The molecule has 5 heteroatoms. The summed E-state index contributed by atoms with van der Waals surface area (Å²) < 4.78 is 6.56. The number of nitrogens with zero attached hydrogens (tertiary/aromatic N) is 2. The largest absolute Gasteiger partial charge is 0.429 e. The highest BCUT2D eigenvalue weighted by atomic mass is 79.9. The second kappa shape index (κ2) is 4.28. The molecule has 78 valence electrons. The molecule has 0 aliphatic heterocycles. The van der Waals surface area contributed by atoms with Crippen LogP contribution in [0.5, 0.6) is 10.9 Å². The molecule has 0 aliphatic rings. The molecule has 0 fully saturated rings. The second-order valence-electron chi connectivity index (χ2n) is 3.08. The highest BCUT2D eigenvalue weighted by molar-refractivity contribution is 9.10. The van der Waals surface area contributed by atoms with Crippen molar-refractivity contribution < 1.29 is 4.74 Å². The van der Waals surface area contributed by atoms with Crippen LogP contribution in [-0.2, 0) is 0 Å². The van der Waals surface area contributed by atoms with E-state index >= 15 is 0 Å². The maximum absolute atomic E-state index is 5.63. The average Bonchev–Trinajstić information content (AvgIpc) is 2.59. The molecule has 0 N–H and O–H groups in total. The highest BCUT2D eigenvalue weighted by Crippen LogP contribution is 2.30. The van der Waals surface area contributed by atoms with Crippen molar-refractivity contribution in [1.82, 2.24) is 9.97 Å². The van der Waals surface area contributed by atoms with Crippen molar-refractivity contribution in [2.75, 3.05) is 0 Å². The van der Waals surface area contributed by atoms with E-state index in [1.54, 1.807) is 18.6 Å². The Labute approximate surface area is 100 Å². The van der Waals surface area contributed by atoms with Gasteiger partial charge in [0.1, 0.15) is 0 Å². The number of hydrogen-bond acceptors (Lipinski definition) is 4. The summed E-state index contributed by atoms with van der Waals surface area (Å²) in [6.45, 7) is 3.97. The first kappa shape index (κ1) is 10.6. The van der Waals surface area contributed by atoms with Crippen LogP contribution in [0.2, 0.25) is 0 Å². The van der Waals surface area contributed by atoms with Crippen molar-refractivity contribution in [2.24, 2.45) is 0 Å². The molecule has 0 saturated heterocycles. The first-order valence-corrected chi connectivity index (χ1v) is 5.98. The maximum atomic E-state index is 5.63. The van der Waals surface area contributed by atoms with Gasteiger partial charge >= 0.3 is 0 Å². The van der Waals surface area contributed by atoms with Crippen LogP contribution in [0.25, 0.3) is 0 Å². The van der Waals surface area contributed by atoms with Gasteiger partial charge in [-0.3, -0.25) is 4.98 Å². The van der Waals surface area contributed by atoms with Crippen LogP contribution in [0.15, 0.2) is 23.1 Å². The number of ether oxygens (including phenoxy) is 1. The number of rotatable bonds is 2. The molecule has 0 bridgehead atoms. The molecule has 0 saturated carbocycles. The van der Waals surface area contributed by atoms with E-state index in [0.29, 0.717) is 5.19 Å². The molecule has 0 spiro atoms. The molecule has 0 radical (unpaired) electrons. The van der Waals surface area contributed by atoms with Crippen LogP contribution < -0.4 is 4.74 Å². The van der Waals surface area contributed by atoms with Crippen molar-refractivity contribution in [2.45, 2.75) is 13.8 Å². The van der Waals surface area contributed by atoms with E-state index in [-0.39, 0.29) is 0 Å². The van der Waals surface area contributed by atoms with Crippen LogP contribution in [0.1, 0.15) is 10.4 Å². The predicted octanol–water partition coefficient (Wildman–Crippen LogP) is 3.71. The summed E-state index contributed by atoms with van der Waals surface area (Å²) in [4.78, 5) is 9.32. The summed E-state index contributed by atoms with van der Waals surface area (Å²) in [6, 6.07) is 0. The van der Waals surface area contributed by atoms with E-state index in [1.165, 1.54) is 11.3 Å². The Hall–Kier alpha value is -0.940. The summed E-state index contributed by atoms with van der Waals surface area (Å²) in [6.07, 6.45) is 5.23. The highest BCUT2D eigenvalue weighted by Gasteiger charge is 2.07. The number of hydrogen-bond donors (Lipinski definition) is 0. The van der Waals surface area contributed by atoms with Crippen molar-refractivity contribution >= 4 is 27.3 Å². The van der Waals surface area contributed by atoms with E-state index in [9.17, 15) is 0 Å². The van der Waals surface area contributed by atoms with Crippen molar-refractivity contribution in [3.8, 4) is 10.9 Å². The molecule has 3 nitrogen and oxygen atoms in total. The van der Waals surface area contributed by atoms with Crippen molar-refractivity contribution in [1.29, 1.82) is 0 Å². The van der Waals surface area contributed by atoms with Crippen LogP contribution >= 0.6 is 27.3 Å². The quantitative estimate of drug-likeness (QED) is 0.843. The number of aromatic nitrogens is 2. The van der Waals surface area contributed by atoms with Gasteiger partial charge in [0.05, 0.1) is 6.20 Å². The number of halogens is 1. The lowest BCUT2D eigenvalue weighted by Crippen LogP contribution is -1.89. The SMILES string of the molecule is Cc1cnc(Oc2cncc(Br)c2C)s1. The van der Waals surface area contributed by atoms with Gasteiger partial charge in [-0.25, -0.2) is 4.98 Å². The maximum Gasteiger partial charge on any atom is 0.278 e. The Balaban J connectivity index is 2.28. The van der Waals surface area contributed by atoms with Crippen molar-refractivity contribution in [3.05, 3.63) is 33.5 Å². The van der Waals surface area contributed by atoms with Gasteiger partial charge in [0, 0.05) is 27.3 Å². The fraction of sp³-hybridized carbons (Fsp3) is 0.200. The van der Waals surface area contributed by atoms with Gasteiger partial charge in [-0.05, 0) is 29.8 Å². The molecule has 2 aromatic heterocycles. The normalized spacial score (nSPS) is 10.3. The Morgan fingerprint density at radius 2 is 2.07 bits per heavy atom. The molecule has 2 rings (SSSR count). The smallest absolute Gasteiger partial charge is 0.278 e. The van der Waals surface area contributed by atoms with Crippen LogP contribution in [0.4, 0.5) is 0 Å². The lowest BCUT2D eigenvalue weighted by atomic mass is 10.3. The summed E-state index contributed by atoms with van der Waals surface area (Å²) in [5, 5.41) is 0.649. The van der Waals surface area contributed by atoms with Crippen LogP contribution in [0, 0.1) is 13.8 Å². The van der Waals surface area contributed by atoms with E-state index in [1.807, 2.05) is 13.8 Å². The minimum absolute atomic E-state index is 0.649. The molecule has 2 aromatic rings. The van der Waals surface area contributed by atoms with E-state index < -0.39 is 0 Å². The third-order valence-electron chi connectivity index (χ3n) is 1.90. The molecule has 0 atom stereocenters. The van der Waals surface area contributed by atoms with Gasteiger partial charge in [0.25, 0.3) is 5.19 Å². The topological polar surface area (TPSA) is 35.0 Å². The zero-order chi connectivity index (χ0) is 10.8. The first-order valence-electron chi connectivity index (χ1n) is 4.37. The molecule has 0 amide bonds. The van der Waals surface area contributed by atoms with Gasteiger partial charge in [-0.1, -0.05) is 11.3 Å². The Morgan fingerprint density at radius 1 is 1.27 bits per heavy atom. The Morgan fingerprint density at radius 3 is 2.73 bits per heavy atom. The van der Waals surface area contributed by atoms with Gasteiger partial charge in [-0.15, -0.1) is 0 Å². The Kier molecular flexibility index (Phi) is 3.02. The molecule has 0 unspecified atom stereocenters. The lowest BCUT2D eigenvalue weighted by Gasteiger charge is -2.05. The minimum Gasteiger partial charge on any atom is -0.429 e. The fourth-order valence-electron chi connectivity index (χ4n) is 1.06. The number of thiazole rings is 1. The Bertz CT molecular complexity index is 484. The average molecular weight is 285 g/mol. The van der Waals surface area contributed by atoms with Crippen molar-refractivity contribution in [3.63, 3.8) is 0 Å². The van der Waals surface area contributed by atoms with E-state index in [2.05, 4.69) is 25.9 Å². The summed E-state index contributed by atoms with van der Waals surface area (Å²) in [7, 11) is 0. The molecular weight excluding hydrogens is 276 g/mol. The second-order valence-corrected chi connectivity index (χ2v) is 5.13. The van der Waals surface area contributed by atoms with Crippen LogP contribution in [0.3, 0.4) is 0 Å². The predicted molar refractivity (Wildman–Crippen MR) is 63.6 cm³/mol. The zero-order valence-corrected chi connectivity index (χ0v) is 10.7. The van der Waals surface area contributed by atoms with Gasteiger partial charge in [-0.2, -0.15) is 0 Å². The first-order chi connectivity index (χ1) is 7.16.